The second kappa shape index (κ2) is 6.60. The number of hydrogen-bond acceptors (Lipinski definition) is 3. The first-order valence-corrected chi connectivity index (χ1v) is 8.84. The van der Waals surface area contributed by atoms with Crippen molar-refractivity contribution in [3.05, 3.63) is 57.5 Å². The highest BCUT2D eigenvalue weighted by atomic mass is 35.5. The van der Waals surface area contributed by atoms with Crippen LogP contribution in [0.5, 0.6) is 0 Å². The quantitative estimate of drug-likeness (QED) is 0.621. The summed E-state index contributed by atoms with van der Waals surface area (Å²) in [5.41, 5.74) is 3.01. The Morgan fingerprint density at radius 2 is 2.00 bits per heavy atom. The third-order valence-electron chi connectivity index (χ3n) is 3.61. The summed E-state index contributed by atoms with van der Waals surface area (Å²) in [6.07, 6.45) is 1.68. The molecule has 2 aromatic rings. The molecule has 2 nitrogen and oxygen atoms in total. The summed E-state index contributed by atoms with van der Waals surface area (Å²) in [4.78, 5) is 14.8. The third kappa shape index (κ3) is 3.14. The molecule has 5 heteroatoms. The predicted molar refractivity (Wildman–Crippen MR) is 99.5 cm³/mol. The van der Waals surface area contributed by atoms with Crippen LogP contribution in [-0.2, 0) is 4.79 Å². The number of rotatable bonds is 3. The second-order valence-electron chi connectivity index (χ2n) is 5.22. The van der Waals surface area contributed by atoms with Crippen molar-refractivity contribution >= 4 is 46.4 Å². The number of para-hydroxylation sites is 1. The van der Waals surface area contributed by atoms with Gasteiger partial charge in [0.05, 0.1) is 10.7 Å². The van der Waals surface area contributed by atoms with Gasteiger partial charge in [0, 0.05) is 38.7 Å². The van der Waals surface area contributed by atoms with Crippen LogP contribution in [0.3, 0.4) is 0 Å². The highest BCUT2D eigenvalue weighted by Crippen LogP contribution is 2.51. The molecule has 0 atom stereocenters. The lowest BCUT2D eigenvalue weighted by atomic mass is 10.0. The van der Waals surface area contributed by atoms with Gasteiger partial charge < -0.3 is 4.90 Å². The van der Waals surface area contributed by atoms with E-state index in [1.807, 2.05) is 24.3 Å². The molecule has 0 radical (unpaired) electrons. The van der Waals surface area contributed by atoms with Gasteiger partial charge in [0.1, 0.15) is 0 Å². The van der Waals surface area contributed by atoms with Crippen LogP contribution in [0.2, 0.25) is 10.0 Å². The number of hydrogen-bond donors (Lipinski definition) is 0. The summed E-state index contributed by atoms with van der Waals surface area (Å²) in [6.45, 7) is 4.41. The molecule has 23 heavy (non-hydrogen) atoms. The Labute approximate surface area is 150 Å². The van der Waals surface area contributed by atoms with Crippen molar-refractivity contribution in [2.45, 2.75) is 18.7 Å². The number of benzene rings is 2. The fourth-order valence-electron chi connectivity index (χ4n) is 2.68. The molecular weight excluding hydrogens is 349 g/mol. The Morgan fingerprint density at radius 3 is 2.70 bits per heavy atom. The molecule has 1 heterocycles. The second-order valence-corrected chi connectivity index (χ2v) is 7.12. The van der Waals surface area contributed by atoms with Gasteiger partial charge in [-0.1, -0.05) is 47.1 Å². The number of ketones is 1. The summed E-state index contributed by atoms with van der Waals surface area (Å²) in [5.74, 6) is 0.0427. The lowest BCUT2D eigenvalue weighted by Crippen LogP contribution is -2.18. The SMILES string of the molecule is CCN1/C(=C/C(C)=O)Sc2cccc(-c3cc(Cl)ccc3Cl)c21. The molecule has 0 aliphatic carbocycles. The summed E-state index contributed by atoms with van der Waals surface area (Å²) < 4.78 is 0. The highest BCUT2D eigenvalue weighted by Gasteiger charge is 2.28. The van der Waals surface area contributed by atoms with Gasteiger partial charge in [0.25, 0.3) is 0 Å². The van der Waals surface area contributed by atoms with Gasteiger partial charge >= 0.3 is 0 Å². The molecule has 1 aliphatic rings. The zero-order valence-corrected chi connectivity index (χ0v) is 15.1. The zero-order chi connectivity index (χ0) is 16.6. The molecule has 0 amide bonds. The van der Waals surface area contributed by atoms with E-state index in [0.29, 0.717) is 10.0 Å². The predicted octanol–water partition coefficient (Wildman–Crippen LogP) is 6.02. The third-order valence-corrected chi connectivity index (χ3v) is 5.27. The van der Waals surface area contributed by atoms with Crippen LogP contribution in [0, 0.1) is 0 Å². The molecule has 0 saturated carbocycles. The normalized spacial score (nSPS) is 15.1. The van der Waals surface area contributed by atoms with Crippen LogP contribution in [-0.4, -0.2) is 12.3 Å². The molecule has 118 valence electrons. The van der Waals surface area contributed by atoms with Gasteiger partial charge in [-0.2, -0.15) is 0 Å². The Morgan fingerprint density at radius 1 is 1.22 bits per heavy atom. The number of anilines is 1. The maximum Gasteiger partial charge on any atom is 0.155 e. The monoisotopic (exact) mass is 363 g/mol. The standard InChI is InChI=1S/C18H15Cl2NOS/c1-3-21-17(9-11(2)22)23-16-6-4-5-13(18(16)21)14-10-12(19)7-8-15(14)20/h4-10H,3H2,1-2H3/b17-9-. The molecule has 0 fully saturated rings. The van der Waals surface area contributed by atoms with Crippen molar-refractivity contribution in [3.8, 4) is 11.1 Å². The van der Waals surface area contributed by atoms with Crippen molar-refractivity contribution in [2.24, 2.45) is 0 Å². The van der Waals surface area contributed by atoms with E-state index in [9.17, 15) is 4.79 Å². The van der Waals surface area contributed by atoms with E-state index in [2.05, 4.69) is 17.9 Å². The Balaban J connectivity index is 2.20. The van der Waals surface area contributed by atoms with Crippen LogP contribution in [0.25, 0.3) is 11.1 Å². The van der Waals surface area contributed by atoms with Crippen LogP contribution in [0.15, 0.2) is 52.4 Å². The van der Waals surface area contributed by atoms with Crippen LogP contribution < -0.4 is 4.90 Å². The average Bonchev–Trinajstić information content (AvgIpc) is 2.86. The lowest BCUT2D eigenvalue weighted by Gasteiger charge is -2.21. The number of nitrogens with zero attached hydrogens (tertiary/aromatic N) is 1. The van der Waals surface area contributed by atoms with Crippen molar-refractivity contribution in [1.29, 1.82) is 0 Å². The Kier molecular flexibility index (Phi) is 4.72. The molecule has 1 aliphatic heterocycles. The summed E-state index contributed by atoms with van der Waals surface area (Å²) in [6, 6.07) is 11.6. The smallest absolute Gasteiger partial charge is 0.155 e. The van der Waals surface area contributed by atoms with E-state index in [1.54, 1.807) is 30.8 Å². The lowest BCUT2D eigenvalue weighted by molar-refractivity contribution is -0.112. The molecule has 2 aromatic carbocycles. The maximum absolute atomic E-state index is 11.5. The molecule has 3 rings (SSSR count). The van der Waals surface area contributed by atoms with E-state index < -0.39 is 0 Å². The molecule has 0 spiro atoms. The maximum atomic E-state index is 11.5. The Bertz CT molecular complexity index is 817. The summed E-state index contributed by atoms with van der Waals surface area (Å²) in [7, 11) is 0. The summed E-state index contributed by atoms with van der Waals surface area (Å²) in [5, 5.41) is 2.25. The molecular formula is C18H15Cl2NOS. The molecule has 0 N–H and O–H groups in total. The van der Waals surface area contributed by atoms with Gasteiger partial charge in [-0.15, -0.1) is 0 Å². The number of allylic oxidation sites excluding steroid dienone is 1. The molecule has 0 aromatic heterocycles. The number of carbonyl (C=O) groups is 1. The van der Waals surface area contributed by atoms with E-state index >= 15 is 0 Å². The average molecular weight is 364 g/mol. The van der Waals surface area contributed by atoms with Gasteiger partial charge in [0.2, 0.25) is 0 Å². The fraction of sp³-hybridized carbons (Fsp3) is 0.167. The number of halogens is 2. The minimum atomic E-state index is 0.0427. The molecule has 0 unspecified atom stereocenters. The first-order valence-electron chi connectivity index (χ1n) is 7.27. The van der Waals surface area contributed by atoms with Crippen molar-refractivity contribution in [2.75, 3.05) is 11.4 Å². The first-order chi connectivity index (χ1) is 11.0. The van der Waals surface area contributed by atoms with Crippen molar-refractivity contribution < 1.29 is 4.79 Å². The fourth-order valence-corrected chi connectivity index (χ4v) is 4.31. The topological polar surface area (TPSA) is 20.3 Å². The number of carbonyl (C=O) groups excluding carboxylic acids is 1. The van der Waals surface area contributed by atoms with Gasteiger partial charge in [-0.25, -0.2) is 0 Å². The van der Waals surface area contributed by atoms with Crippen molar-refractivity contribution in [1.82, 2.24) is 0 Å². The molecule has 0 saturated heterocycles. The number of thioether (sulfide) groups is 1. The van der Waals surface area contributed by atoms with Crippen molar-refractivity contribution in [3.63, 3.8) is 0 Å². The largest absolute Gasteiger partial charge is 0.335 e. The first kappa shape index (κ1) is 16.4. The minimum absolute atomic E-state index is 0.0427. The van der Waals surface area contributed by atoms with Crippen LogP contribution in [0.4, 0.5) is 5.69 Å². The minimum Gasteiger partial charge on any atom is -0.335 e. The van der Waals surface area contributed by atoms with E-state index in [-0.39, 0.29) is 5.78 Å². The summed E-state index contributed by atoms with van der Waals surface area (Å²) >= 11 is 14.1. The van der Waals surface area contributed by atoms with E-state index in [1.165, 1.54) is 0 Å². The van der Waals surface area contributed by atoms with E-state index in [4.69, 9.17) is 23.2 Å². The number of fused-ring (bicyclic) bond motifs is 1. The van der Waals surface area contributed by atoms with E-state index in [0.717, 1.165) is 33.3 Å². The van der Waals surface area contributed by atoms with Crippen LogP contribution in [0.1, 0.15) is 13.8 Å². The van der Waals surface area contributed by atoms with Gasteiger partial charge in [-0.05, 0) is 38.1 Å². The van der Waals surface area contributed by atoms with Gasteiger partial charge in [0.15, 0.2) is 5.78 Å². The molecule has 0 bridgehead atoms. The van der Waals surface area contributed by atoms with Crippen LogP contribution >= 0.6 is 35.0 Å². The van der Waals surface area contributed by atoms with Gasteiger partial charge in [-0.3, -0.25) is 4.79 Å². The Hall–Kier alpha value is -1.42. The zero-order valence-electron chi connectivity index (χ0n) is 12.8. The highest BCUT2D eigenvalue weighted by molar-refractivity contribution is 8.03.